The lowest BCUT2D eigenvalue weighted by atomic mass is 10.1. The highest BCUT2D eigenvalue weighted by Gasteiger charge is 2.24. The quantitative estimate of drug-likeness (QED) is 0.537. The summed E-state index contributed by atoms with van der Waals surface area (Å²) in [5, 5.41) is 17.0. The molecule has 0 aliphatic carbocycles. The standard InChI is InChI=1S/C20H22ClN5O4/c1-22-20(28)17-12-16(26(29)30)6-7-18(17)25-10-8-24(9-11-25)13-19(27)23-15-4-2-14(21)3-5-15/h2-7,12H,8-11,13H2,1H3,(H,22,28)(H,23,27). The second-order valence-corrected chi connectivity index (χ2v) is 7.29. The van der Waals surface area contributed by atoms with Crippen LogP contribution in [0.3, 0.4) is 0 Å². The van der Waals surface area contributed by atoms with Gasteiger partial charge in [0.15, 0.2) is 0 Å². The molecule has 2 amide bonds. The van der Waals surface area contributed by atoms with E-state index in [0.717, 1.165) is 0 Å². The van der Waals surface area contributed by atoms with Gasteiger partial charge in [0.25, 0.3) is 11.6 Å². The van der Waals surface area contributed by atoms with E-state index in [1.165, 1.54) is 19.2 Å². The lowest BCUT2D eigenvalue weighted by Crippen LogP contribution is -2.49. The number of benzene rings is 2. The Morgan fingerprint density at radius 2 is 1.77 bits per heavy atom. The van der Waals surface area contributed by atoms with E-state index in [1.807, 2.05) is 9.80 Å². The van der Waals surface area contributed by atoms with Crippen molar-refractivity contribution in [3.63, 3.8) is 0 Å². The Morgan fingerprint density at radius 1 is 1.10 bits per heavy atom. The van der Waals surface area contributed by atoms with Crippen LogP contribution in [0.15, 0.2) is 42.5 Å². The molecule has 0 saturated carbocycles. The van der Waals surface area contributed by atoms with Crippen molar-refractivity contribution in [2.75, 3.05) is 50.0 Å². The van der Waals surface area contributed by atoms with Crippen LogP contribution in [0, 0.1) is 10.1 Å². The van der Waals surface area contributed by atoms with Crippen LogP contribution in [-0.2, 0) is 4.79 Å². The zero-order valence-corrected chi connectivity index (χ0v) is 17.2. The van der Waals surface area contributed by atoms with E-state index >= 15 is 0 Å². The van der Waals surface area contributed by atoms with Gasteiger partial charge in [-0.2, -0.15) is 0 Å². The SMILES string of the molecule is CNC(=O)c1cc([N+](=O)[O-])ccc1N1CCN(CC(=O)Nc2ccc(Cl)cc2)CC1. The van der Waals surface area contributed by atoms with E-state index in [4.69, 9.17) is 11.6 Å². The highest BCUT2D eigenvalue weighted by Crippen LogP contribution is 2.26. The molecule has 3 rings (SSSR count). The number of nitro groups is 1. The number of hydrogen-bond donors (Lipinski definition) is 2. The second-order valence-electron chi connectivity index (χ2n) is 6.86. The number of hydrogen-bond acceptors (Lipinski definition) is 6. The summed E-state index contributed by atoms with van der Waals surface area (Å²) >= 11 is 5.85. The van der Waals surface area contributed by atoms with Gasteiger partial charge >= 0.3 is 0 Å². The van der Waals surface area contributed by atoms with Gasteiger partial charge in [-0.3, -0.25) is 24.6 Å². The van der Waals surface area contributed by atoms with Crippen molar-refractivity contribution < 1.29 is 14.5 Å². The molecule has 1 aliphatic heterocycles. The van der Waals surface area contributed by atoms with Crippen molar-refractivity contribution in [2.45, 2.75) is 0 Å². The normalized spacial score (nSPS) is 14.3. The zero-order chi connectivity index (χ0) is 21.7. The number of nitrogens with zero attached hydrogens (tertiary/aromatic N) is 3. The molecule has 2 aromatic rings. The van der Waals surface area contributed by atoms with Gasteiger partial charge in [0.1, 0.15) is 0 Å². The summed E-state index contributed by atoms with van der Waals surface area (Å²) in [6, 6.07) is 11.2. The van der Waals surface area contributed by atoms with E-state index in [9.17, 15) is 19.7 Å². The van der Waals surface area contributed by atoms with Crippen molar-refractivity contribution >= 4 is 40.5 Å². The van der Waals surface area contributed by atoms with Crippen LogP contribution in [0.5, 0.6) is 0 Å². The molecule has 2 N–H and O–H groups in total. The van der Waals surface area contributed by atoms with Crippen LogP contribution < -0.4 is 15.5 Å². The molecule has 158 valence electrons. The third-order valence-electron chi connectivity index (χ3n) is 4.87. The molecule has 0 atom stereocenters. The monoisotopic (exact) mass is 431 g/mol. The van der Waals surface area contributed by atoms with Gasteiger partial charge < -0.3 is 15.5 Å². The number of rotatable bonds is 6. The van der Waals surface area contributed by atoms with Gasteiger partial charge in [-0.15, -0.1) is 0 Å². The number of carbonyl (C=O) groups is 2. The molecular weight excluding hydrogens is 410 g/mol. The van der Waals surface area contributed by atoms with Gasteiger partial charge in [-0.1, -0.05) is 11.6 Å². The van der Waals surface area contributed by atoms with E-state index in [-0.39, 0.29) is 29.6 Å². The molecule has 10 heteroatoms. The maximum atomic E-state index is 12.3. The van der Waals surface area contributed by atoms with Crippen LogP contribution in [0.1, 0.15) is 10.4 Å². The number of non-ortho nitro benzene ring substituents is 1. The number of nitrogens with one attached hydrogen (secondary N) is 2. The van der Waals surface area contributed by atoms with E-state index < -0.39 is 4.92 Å². The Morgan fingerprint density at radius 3 is 2.37 bits per heavy atom. The minimum Gasteiger partial charge on any atom is -0.368 e. The second kappa shape index (κ2) is 9.55. The predicted octanol–water partition coefficient (Wildman–Crippen LogP) is 2.37. The smallest absolute Gasteiger partial charge is 0.270 e. The van der Waals surface area contributed by atoms with Crippen molar-refractivity contribution in [2.24, 2.45) is 0 Å². The lowest BCUT2D eigenvalue weighted by molar-refractivity contribution is -0.384. The number of carbonyl (C=O) groups excluding carboxylic acids is 2. The molecule has 1 saturated heterocycles. The summed E-state index contributed by atoms with van der Waals surface area (Å²) in [4.78, 5) is 39.1. The first-order chi connectivity index (χ1) is 14.4. The fourth-order valence-electron chi connectivity index (χ4n) is 3.31. The largest absolute Gasteiger partial charge is 0.368 e. The number of nitro benzene ring substituents is 1. The Hall–Kier alpha value is -3.17. The molecule has 1 fully saturated rings. The highest BCUT2D eigenvalue weighted by atomic mass is 35.5. The molecule has 0 unspecified atom stereocenters. The average molecular weight is 432 g/mol. The van der Waals surface area contributed by atoms with E-state index in [2.05, 4.69) is 10.6 Å². The van der Waals surface area contributed by atoms with Gasteiger partial charge in [0, 0.05) is 56.1 Å². The topological polar surface area (TPSA) is 108 Å². The molecule has 1 heterocycles. The molecule has 1 aliphatic rings. The molecular formula is C20H22ClN5O4. The molecule has 30 heavy (non-hydrogen) atoms. The van der Waals surface area contributed by atoms with Gasteiger partial charge in [-0.05, 0) is 30.3 Å². The molecule has 9 nitrogen and oxygen atoms in total. The first kappa shape index (κ1) is 21.5. The first-order valence-corrected chi connectivity index (χ1v) is 9.78. The lowest BCUT2D eigenvalue weighted by Gasteiger charge is -2.36. The predicted molar refractivity (Wildman–Crippen MR) is 115 cm³/mol. The molecule has 0 radical (unpaired) electrons. The third kappa shape index (κ3) is 5.25. The summed E-state index contributed by atoms with van der Waals surface area (Å²) in [6.45, 7) is 2.68. The molecule has 0 bridgehead atoms. The number of amides is 2. The maximum absolute atomic E-state index is 12.3. The van der Waals surface area contributed by atoms with Crippen molar-refractivity contribution in [3.8, 4) is 0 Å². The maximum Gasteiger partial charge on any atom is 0.270 e. The van der Waals surface area contributed by atoms with Gasteiger partial charge in [0.2, 0.25) is 5.91 Å². The number of halogens is 1. The molecule has 0 spiro atoms. The fraction of sp³-hybridized carbons (Fsp3) is 0.300. The van der Waals surface area contributed by atoms with Crippen LogP contribution in [0.25, 0.3) is 0 Å². The van der Waals surface area contributed by atoms with E-state index in [1.54, 1.807) is 30.3 Å². The van der Waals surface area contributed by atoms with E-state index in [0.29, 0.717) is 42.6 Å². The summed E-state index contributed by atoms with van der Waals surface area (Å²) in [5.74, 6) is -0.495. The number of piperazine rings is 1. The Kier molecular flexibility index (Phi) is 6.86. The van der Waals surface area contributed by atoms with Crippen molar-refractivity contribution in [1.29, 1.82) is 0 Å². The summed E-state index contributed by atoms with van der Waals surface area (Å²) in [6.07, 6.45) is 0. The van der Waals surface area contributed by atoms with Gasteiger partial charge in [0.05, 0.1) is 22.7 Å². The summed E-state index contributed by atoms with van der Waals surface area (Å²) in [7, 11) is 1.49. The Balaban J connectivity index is 1.61. The third-order valence-corrected chi connectivity index (χ3v) is 5.12. The van der Waals surface area contributed by atoms with Crippen molar-refractivity contribution in [3.05, 3.63) is 63.2 Å². The summed E-state index contributed by atoms with van der Waals surface area (Å²) in [5.41, 5.74) is 1.46. The Labute approximate surface area is 178 Å². The fourth-order valence-corrected chi connectivity index (χ4v) is 3.44. The molecule has 0 aromatic heterocycles. The van der Waals surface area contributed by atoms with Crippen LogP contribution >= 0.6 is 11.6 Å². The highest BCUT2D eigenvalue weighted by molar-refractivity contribution is 6.30. The minimum absolute atomic E-state index is 0.118. The van der Waals surface area contributed by atoms with Gasteiger partial charge in [-0.25, -0.2) is 0 Å². The zero-order valence-electron chi connectivity index (χ0n) is 16.4. The van der Waals surface area contributed by atoms with Crippen LogP contribution in [0.4, 0.5) is 17.1 Å². The van der Waals surface area contributed by atoms with Crippen LogP contribution in [-0.4, -0.2) is 61.4 Å². The number of anilines is 2. The summed E-state index contributed by atoms with van der Waals surface area (Å²) < 4.78 is 0. The molecule has 2 aromatic carbocycles. The average Bonchev–Trinajstić information content (AvgIpc) is 2.75. The van der Waals surface area contributed by atoms with Crippen LogP contribution in [0.2, 0.25) is 5.02 Å². The Bertz CT molecular complexity index is 943. The minimum atomic E-state index is -0.520. The first-order valence-electron chi connectivity index (χ1n) is 9.40. The van der Waals surface area contributed by atoms with Crippen molar-refractivity contribution in [1.82, 2.24) is 10.2 Å².